The fraction of sp³-hybridized carbons (Fsp3) is 0.750. The number of anilines is 1. The number of aryl methyl sites for hydroxylation is 1. The van der Waals surface area contributed by atoms with Crippen molar-refractivity contribution < 1.29 is 0 Å². The standard InChI is InChI=1S/C12H21N3S/c1-9-5-4-6-15(8-9)12-14-10(2)11(16-12)7-13-3/h9,13H,4-8H2,1-3H3. The summed E-state index contributed by atoms with van der Waals surface area (Å²) in [6, 6.07) is 0. The summed E-state index contributed by atoms with van der Waals surface area (Å²) in [4.78, 5) is 8.51. The van der Waals surface area contributed by atoms with E-state index in [1.54, 1.807) is 0 Å². The predicted octanol–water partition coefficient (Wildman–Crippen LogP) is 2.41. The van der Waals surface area contributed by atoms with Crippen molar-refractivity contribution in [3.05, 3.63) is 10.6 Å². The van der Waals surface area contributed by atoms with Gasteiger partial charge in [0, 0.05) is 24.5 Å². The van der Waals surface area contributed by atoms with Gasteiger partial charge in [-0.3, -0.25) is 0 Å². The van der Waals surface area contributed by atoms with Crippen LogP contribution in [-0.2, 0) is 6.54 Å². The van der Waals surface area contributed by atoms with Crippen LogP contribution in [0, 0.1) is 12.8 Å². The molecule has 0 saturated carbocycles. The number of nitrogens with zero attached hydrogens (tertiary/aromatic N) is 2. The maximum absolute atomic E-state index is 4.69. The monoisotopic (exact) mass is 239 g/mol. The summed E-state index contributed by atoms with van der Waals surface area (Å²) in [7, 11) is 1.99. The van der Waals surface area contributed by atoms with Crippen molar-refractivity contribution in [2.45, 2.75) is 33.2 Å². The lowest BCUT2D eigenvalue weighted by atomic mass is 10.0. The molecular weight excluding hydrogens is 218 g/mol. The molecule has 1 unspecified atom stereocenters. The maximum atomic E-state index is 4.69. The summed E-state index contributed by atoms with van der Waals surface area (Å²) in [5.74, 6) is 0.811. The molecule has 0 spiro atoms. The van der Waals surface area contributed by atoms with Gasteiger partial charge in [0.2, 0.25) is 0 Å². The van der Waals surface area contributed by atoms with Gasteiger partial charge < -0.3 is 10.2 Å². The van der Waals surface area contributed by atoms with Crippen molar-refractivity contribution in [3.63, 3.8) is 0 Å². The van der Waals surface area contributed by atoms with E-state index in [0.29, 0.717) is 0 Å². The molecule has 0 radical (unpaired) electrons. The Morgan fingerprint density at radius 1 is 1.56 bits per heavy atom. The molecule has 1 aromatic heterocycles. The molecule has 2 rings (SSSR count). The van der Waals surface area contributed by atoms with Crippen LogP contribution in [0.25, 0.3) is 0 Å². The molecule has 0 amide bonds. The van der Waals surface area contributed by atoms with Gasteiger partial charge in [-0.25, -0.2) is 4.98 Å². The van der Waals surface area contributed by atoms with Crippen molar-refractivity contribution in [2.24, 2.45) is 5.92 Å². The molecule has 3 nitrogen and oxygen atoms in total. The number of hydrogen-bond acceptors (Lipinski definition) is 4. The minimum absolute atomic E-state index is 0.811. The third-order valence-corrected chi connectivity index (χ3v) is 4.36. The largest absolute Gasteiger partial charge is 0.348 e. The van der Waals surface area contributed by atoms with E-state index in [2.05, 4.69) is 24.1 Å². The van der Waals surface area contributed by atoms with Crippen LogP contribution in [0.2, 0.25) is 0 Å². The van der Waals surface area contributed by atoms with Crippen molar-refractivity contribution in [1.82, 2.24) is 10.3 Å². The molecule has 16 heavy (non-hydrogen) atoms. The van der Waals surface area contributed by atoms with Gasteiger partial charge in [0.25, 0.3) is 0 Å². The van der Waals surface area contributed by atoms with Gasteiger partial charge in [-0.2, -0.15) is 0 Å². The van der Waals surface area contributed by atoms with E-state index in [9.17, 15) is 0 Å². The Balaban J connectivity index is 2.10. The van der Waals surface area contributed by atoms with Crippen LogP contribution < -0.4 is 10.2 Å². The van der Waals surface area contributed by atoms with E-state index in [-0.39, 0.29) is 0 Å². The molecule has 0 aromatic carbocycles. The molecular formula is C12H21N3S. The summed E-state index contributed by atoms with van der Waals surface area (Å²) in [5, 5.41) is 4.42. The van der Waals surface area contributed by atoms with Gasteiger partial charge in [0.05, 0.1) is 5.69 Å². The molecule has 1 saturated heterocycles. The highest BCUT2D eigenvalue weighted by atomic mass is 32.1. The van der Waals surface area contributed by atoms with Crippen LogP contribution in [0.15, 0.2) is 0 Å². The molecule has 1 fully saturated rings. The maximum Gasteiger partial charge on any atom is 0.185 e. The smallest absolute Gasteiger partial charge is 0.185 e. The zero-order valence-electron chi connectivity index (χ0n) is 10.4. The van der Waals surface area contributed by atoms with Crippen LogP contribution in [0.5, 0.6) is 0 Å². The number of nitrogens with one attached hydrogen (secondary N) is 1. The first-order chi connectivity index (χ1) is 7.70. The second-order valence-corrected chi connectivity index (χ2v) is 5.79. The van der Waals surface area contributed by atoms with Crippen molar-refractivity contribution >= 4 is 16.5 Å². The molecule has 1 aliphatic rings. The van der Waals surface area contributed by atoms with E-state index in [1.165, 1.54) is 41.6 Å². The number of aromatic nitrogens is 1. The summed E-state index contributed by atoms with van der Waals surface area (Å²) in [6.07, 6.45) is 2.67. The highest BCUT2D eigenvalue weighted by Crippen LogP contribution is 2.29. The number of piperidine rings is 1. The molecule has 2 heterocycles. The van der Waals surface area contributed by atoms with Crippen molar-refractivity contribution in [2.75, 3.05) is 25.0 Å². The Kier molecular flexibility index (Phi) is 3.82. The van der Waals surface area contributed by atoms with Crippen LogP contribution in [-0.4, -0.2) is 25.1 Å². The van der Waals surface area contributed by atoms with E-state index in [0.717, 1.165) is 12.5 Å². The van der Waals surface area contributed by atoms with Crippen LogP contribution in [0.4, 0.5) is 5.13 Å². The van der Waals surface area contributed by atoms with Crippen LogP contribution >= 0.6 is 11.3 Å². The van der Waals surface area contributed by atoms with Gasteiger partial charge in [-0.1, -0.05) is 6.92 Å². The summed E-state index contributed by atoms with van der Waals surface area (Å²) >= 11 is 1.84. The molecule has 1 atom stereocenters. The van der Waals surface area contributed by atoms with E-state index < -0.39 is 0 Å². The van der Waals surface area contributed by atoms with Gasteiger partial charge in [0.15, 0.2) is 5.13 Å². The summed E-state index contributed by atoms with van der Waals surface area (Å²) in [5.41, 5.74) is 1.19. The highest BCUT2D eigenvalue weighted by molar-refractivity contribution is 7.15. The quantitative estimate of drug-likeness (QED) is 0.878. The number of hydrogen-bond donors (Lipinski definition) is 1. The van der Waals surface area contributed by atoms with Gasteiger partial charge >= 0.3 is 0 Å². The number of rotatable bonds is 3. The fourth-order valence-electron chi connectivity index (χ4n) is 2.24. The Morgan fingerprint density at radius 3 is 3.06 bits per heavy atom. The fourth-order valence-corrected chi connectivity index (χ4v) is 3.34. The molecule has 0 bridgehead atoms. The zero-order chi connectivity index (χ0) is 11.5. The molecule has 0 aliphatic carbocycles. The third kappa shape index (κ3) is 2.55. The third-order valence-electron chi connectivity index (χ3n) is 3.15. The molecule has 90 valence electrons. The predicted molar refractivity (Wildman–Crippen MR) is 70.2 cm³/mol. The van der Waals surface area contributed by atoms with E-state index >= 15 is 0 Å². The first-order valence-electron chi connectivity index (χ1n) is 6.06. The lowest BCUT2D eigenvalue weighted by molar-refractivity contribution is 0.446. The Labute approximate surface area is 102 Å². The zero-order valence-corrected chi connectivity index (χ0v) is 11.2. The highest BCUT2D eigenvalue weighted by Gasteiger charge is 2.19. The van der Waals surface area contributed by atoms with Crippen LogP contribution in [0.1, 0.15) is 30.3 Å². The normalized spacial score (nSPS) is 21.4. The van der Waals surface area contributed by atoms with E-state index in [4.69, 9.17) is 4.98 Å². The Hall–Kier alpha value is -0.610. The first kappa shape index (κ1) is 11.9. The van der Waals surface area contributed by atoms with Crippen molar-refractivity contribution in [3.8, 4) is 0 Å². The first-order valence-corrected chi connectivity index (χ1v) is 6.88. The molecule has 1 N–H and O–H groups in total. The second kappa shape index (κ2) is 5.15. The molecule has 1 aliphatic heterocycles. The van der Waals surface area contributed by atoms with Gasteiger partial charge in [-0.05, 0) is 32.7 Å². The lowest BCUT2D eigenvalue weighted by Crippen LogP contribution is -2.34. The second-order valence-electron chi connectivity index (χ2n) is 4.73. The Morgan fingerprint density at radius 2 is 2.38 bits per heavy atom. The SMILES string of the molecule is CNCc1sc(N2CCCC(C)C2)nc1C. The summed E-state index contributed by atoms with van der Waals surface area (Å²) in [6.45, 7) is 7.73. The minimum atomic E-state index is 0.811. The minimum Gasteiger partial charge on any atom is -0.348 e. The molecule has 4 heteroatoms. The topological polar surface area (TPSA) is 28.2 Å². The average molecular weight is 239 g/mol. The molecule has 1 aromatic rings. The Bertz CT molecular complexity index is 348. The van der Waals surface area contributed by atoms with E-state index in [1.807, 2.05) is 18.4 Å². The van der Waals surface area contributed by atoms with Gasteiger partial charge in [-0.15, -0.1) is 11.3 Å². The average Bonchev–Trinajstić information content (AvgIpc) is 2.61. The van der Waals surface area contributed by atoms with Crippen LogP contribution in [0.3, 0.4) is 0 Å². The number of thiazole rings is 1. The van der Waals surface area contributed by atoms with Gasteiger partial charge in [0.1, 0.15) is 0 Å². The lowest BCUT2D eigenvalue weighted by Gasteiger charge is -2.30. The van der Waals surface area contributed by atoms with Crippen molar-refractivity contribution in [1.29, 1.82) is 0 Å². The summed E-state index contributed by atoms with van der Waals surface area (Å²) < 4.78 is 0.